The Morgan fingerprint density at radius 2 is 2.05 bits per heavy atom. The molecule has 0 aliphatic carbocycles. The van der Waals surface area contributed by atoms with E-state index in [9.17, 15) is 0 Å². The first kappa shape index (κ1) is 14.4. The maximum Gasteiger partial charge on any atom is 0.196 e. The van der Waals surface area contributed by atoms with Crippen LogP contribution in [0.25, 0.3) is 0 Å². The van der Waals surface area contributed by atoms with Gasteiger partial charge < -0.3 is 10.6 Å². The predicted octanol–water partition coefficient (Wildman–Crippen LogP) is 4.80. The number of nitrogens with two attached hydrogens (primary N) is 1. The highest BCUT2D eigenvalue weighted by Crippen LogP contribution is 2.41. The first-order valence-electron chi connectivity index (χ1n) is 5.86. The summed E-state index contributed by atoms with van der Waals surface area (Å²) in [6.45, 7) is 0.635. The van der Waals surface area contributed by atoms with E-state index in [1.807, 2.05) is 35.2 Å². The summed E-state index contributed by atoms with van der Waals surface area (Å²) in [5, 5.41) is 0. The molecule has 0 radical (unpaired) electrons. The Morgan fingerprint density at radius 3 is 2.70 bits per heavy atom. The van der Waals surface area contributed by atoms with E-state index in [0.717, 1.165) is 23.8 Å². The van der Waals surface area contributed by atoms with Crippen molar-refractivity contribution in [2.24, 2.45) is 10.7 Å². The summed E-state index contributed by atoms with van der Waals surface area (Å²) in [5.74, 6) is 0.530. The molecule has 1 unspecified atom stereocenters. The lowest BCUT2D eigenvalue weighted by molar-refractivity contribution is 0.783. The van der Waals surface area contributed by atoms with Crippen LogP contribution in [-0.4, -0.2) is 12.5 Å². The van der Waals surface area contributed by atoms with Crippen molar-refractivity contribution >= 4 is 66.4 Å². The van der Waals surface area contributed by atoms with E-state index in [2.05, 4.69) is 36.9 Å². The third-order valence-electron chi connectivity index (χ3n) is 3.09. The molecule has 1 aromatic carbocycles. The molecule has 3 nitrogen and oxygen atoms in total. The van der Waals surface area contributed by atoms with E-state index in [-0.39, 0.29) is 6.04 Å². The van der Waals surface area contributed by atoms with Gasteiger partial charge in [-0.05, 0) is 50.1 Å². The summed E-state index contributed by atoms with van der Waals surface area (Å²) in [6.07, 6.45) is 0. The van der Waals surface area contributed by atoms with Gasteiger partial charge in [0.1, 0.15) is 4.34 Å². The average Bonchev–Trinajstić information content (AvgIpc) is 2.94. The molecule has 1 aromatic heterocycles. The van der Waals surface area contributed by atoms with Crippen LogP contribution in [0.15, 0.2) is 44.3 Å². The Hall–Kier alpha value is -0.560. The zero-order chi connectivity index (χ0) is 14.3. The number of guanidine groups is 1. The van der Waals surface area contributed by atoms with Crippen molar-refractivity contribution in [3.63, 3.8) is 0 Å². The van der Waals surface area contributed by atoms with Crippen molar-refractivity contribution in [1.29, 1.82) is 0 Å². The van der Waals surface area contributed by atoms with Crippen LogP contribution in [0.3, 0.4) is 0 Å². The fraction of sp³-hybridized carbons (Fsp3) is 0.154. The maximum atomic E-state index is 6.14. The largest absolute Gasteiger partial charge is 0.369 e. The Bertz CT molecular complexity index is 667. The molecule has 1 aliphatic rings. The first-order valence-corrected chi connectivity index (χ1v) is 8.64. The molecule has 20 heavy (non-hydrogen) atoms. The zero-order valence-electron chi connectivity index (χ0n) is 10.2. The summed E-state index contributed by atoms with van der Waals surface area (Å²) in [6, 6.07) is 10.1. The molecule has 0 bridgehead atoms. The monoisotopic (exact) mass is 433 g/mol. The van der Waals surface area contributed by atoms with Gasteiger partial charge in [0.15, 0.2) is 5.96 Å². The van der Waals surface area contributed by atoms with E-state index in [4.69, 9.17) is 17.3 Å². The Balaban J connectivity index is 2.03. The average molecular weight is 436 g/mol. The number of hydrogen-bond acceptors (Lipinski definition) is 4. The van der Waals surface area contributed by atoms with Crippen molar-refractivity contribution in [3.05, 3.63) is 48.5 Å². The second-order valence-electron chi connectivity index (χ2n) is 4.31. The quantitative estimate of drug-likeness (QED) is 0.736. The van der Waals surface area contributed by atoms with Crippen LogP contribution in [-0.2, 0) is 0 Å². The third-order valence-corrected chi connectivity index (χ3v) is 6.34. The van der Waals surface area contributed by atoms with Gasteiger partial charge in [-0.25, -0.2) is 0 Å². The maximum absolute atomic E-state index is 6.14. The molecule has 1 aliphatic heterocycles. The number of para-hydroxylation sites is 1. The summed E-state index contributed by atoms with van der Waals surface area (Å²) in [5.41, 5.74) is 7.08. The van der Waals surface area contributed by atoms with Gasteiger partial charge in [0.25, 0.3) is 0 Å². The fourth-order valence-corrected chi connectivity index (χ4v) is 4.48. The van der Waals surface area contributed by atoms with Gasteiger partial charge in [-0.2, -0.15) is 0 Å². The molecule has 0 amide bonds. The molecular formula is C13H10Br2ClN3S. The minimum atomic E-state index is 0.0856. The van der Waals surface area contributed by atoms with E-state index < -0.39 is 0 Å². The minimum absolute atomic E-state index is 0.0856. The molecule has 0 spiro atoms. The number of halogens is 3. The number of rotatable bonds is 2. The molecule has 2 heterocycles. The predicted molar refractivity (Wildman–Crippen MR) is 92.9 cm³/mol. The molecule has 0 saturated carbocycles. The second-order valence-corrected chi connectivity index (χ2v) is 7.70. The number of thiophene rings is 1. The van der Waals surface area contributed by atoms with Gasteiger partial charge in [0.2, 0.25) is 0 Å². The van der Waals surface area contributed by atoms with E-state index in [1.54, 1.807) is 11.3 Å². The topological polar surface area (TPSA) is 41.6 Å². The van der Waals surface area contributed by atoms with Gasteiger partial charge in [-0.15, -0.1) is 11.3 Å². The highest BCUT2D eigenvalue weighted by Gasteiger charge is 2.31. The molecule has 1 atom stereocenters. The summed E-state index contributed by atoms with van der Waals surface area (Å²) in [7, 11) is 0. The van der Waals surface area contributed by atoms with Crippen LogP contribution in [0.4, 0.5) is 5.69 Å². The fourth-order valence-electron chi connectivity index (χ4n) is 2.18. The van der Waals surface area contributed by atoms with Crippen molar-refractivity contribution in [1.82, 2.24) is 0 Å². The molecular weight excluding hydrogens is 425 g/mol. The van der Waals surface area contributed by atoms with Gasteiger partial charge >= 0.3 is 0 Å². The lowest BCUT2D eigenvalue weighted by Crippen LogP contribution is -2.36. The van der Waals surface area contributed by atoms with Crippen molar-refractivity contribution in [2.75, 3.05) is 11.4 Å². The van der Waals surface area contributed by atoms with Crippen molar-refractivity contribution in [2.45, 2.75) is 6.04 Å². The number of aliphatic imine (C=N–C) groups is 1. The normalized spacial score (nSPS) is 18.4. The molecule has 0 fully saturated rings. The second kappa shape index (κ2) is 5.67. The Morgan fingerprint density at radius 1 is 1.30 bits per heavy atom. The molecule has 2 aromatic rings. The van der Waals surface area contributed by atoms with Gasteiger partial charge in [-0.3, -0.25) is 4.99 Å². The van der Waals surface area contributed by atoms with Crippen LogP contribution < -0.4 is 10.6 Å². The smallest absolute Gasteiger partial charge is 0.196 e. The third kappa shape index (κ3) is 2.50. The van der Waals surface area contributed by atoms with E-state index in [0.29, 0.717) is 12.5 Å². The lowest BCUT2D eigenvalue weighted by Gasteiger charge is -2.26. The van der Waals surface area contributed by atoms with Crippen LogP contribution in [0.5, 0.6) is 0 Å². The van der Waals surface area contributed by atoms with Crippen LogP contribution >= 0.6 is 54.8 Å². The minimum Gasteiger partial charge on any atom is -0.369 e. The number of benzene rings is 1. The molecule has 0 saturated heterocycles. The van der Waals surface area contributed by atoms with Crippen LogP contribution in [0.2, 0.25) is 4.34 Å². The standard InChI is InChI=1S/C13H10Br2ClN3S/c14-7-3-1-2-4-9(7)19-10(6-18-13(19)17)11-5-8(15)12(16)20-11/h1-5,10H,6H2,(H2,17,18). The molecule has 7 heteroatoms. The Kier molecular flexibility index (Phi) is 4.08. The van der Waals surface area contributed by atoms with Crippen LogP contribution in [0, 0.1) is 0 Å². The molecule has 2 N–H and O–H groups in total. The van der Waals surface area contributed by atoms with Crippen molar-refractivity contribution < 1.29 is 0 Å². The molecule has 104 valence electrons. The van der Waals surface area contributed by atoms with Gasteiger partial charge in [0, 0.05) is 13.8 Å². The van der Waals surface area contributed by atoms with Gasteiger partial charge in [0.05, 0.1) is 18.3 Å². The Labute approximate surface area is 142 Å². The highest BCUT2D eigenvalue weighted by atomic mass is 79.9. The van der Waals surface area contributed by atoms with E-state index in [1.165, 1.54) is 0 Å². The zero-order valence-corrected chi connectivity index (χ0v) is 14.9. The number of anilines is 1. The number of nitrogens with zero attached hydrogens (tertiary/aromatic N) is 2. The van der Waals surface area contributed by atoms with Crippen molar-refractivity contribution in [3.8, 4) is 0 Å². The summed E-state index contributed by atoms with van der Waals surface area (Å²) >= 11 is 14.7. The number of hydrogen-bond donors (Lipinski definition) is 1. The summed E-state index contributed by atoms with van der Waals surface area (Å²) in [4.78, 5) is 7.56. The SMILES string of the molecule is NC1=NCC(c2cc(Br)c(Cl)s2)N1c1ccccc1Br. The van der Waals surface area contributed by atoms with E-state index >= 15 is 0 Å². The first-order chi connectivity index (χ1) is 9.58. The highest BCUT2D eigenvalue weighted by molar-refractivity contribution is 9.11. The summed E-state index contributed by atoms with van der Waals surface area (Å²) < 4.78 is 2.65. The lowest BCUT2D eigenvalue weighted by atomic mass is 10.2. The van der Waals surface area contributed by atoms with Gasteiger partial charge in [-0.1, -0.05) is 23.7 Å². The van der Waals surface area contributed by atoms with Crippen LogP contribution in [0.1, 0.15) is 10.9 Å². The molecule has 3 rings (SSSR count).